The molecule has 0 atom stereocenters. The van der Waals surface area contributed by atoms with Crippen LogP contribution < -0.4 is 14.8 Å². The van der Waals surface area contributed by atoms with E-state index in [4.69, 9.17) is 9.47 Å². The molecule has 3 heteroatoms. The van der Waals surface area contributed by atoms with E-state index in [1.807, 2.05) is 0 Å². The molecule has 1 aliphatic heterocycles. The predicted molar refractivity (Wildman–Crippen MR) is 70.2 cm³/mol. The Labute approximate surface area is 103 Å². The van der Waals surface area contributed by atoms with E-state index in [1.54, 1.807) is 7.11 Å². The highest BCUT2D eigenvalue weighted by Gasteiger charge is 2.26. The lowest BCUT2D eigenvalue weighted by atomic mass is 10.1. The van der Waals surface area contributed by atoms with E-state index in [0.717, 1.165) is 36.6 Å². The zero-order valence-corrected chi connectivity index (χ0v) is 11.1. The summed E-state index contributed by atoms with van der Waals surface area (Å²) in [4.78, 5) is 0. The van der Waals surface area contributed by atoms with Gasteiger partial charge >= 0.3 is 0 Å². The summed E-state index contributed by atoms with van der Waals surface area (Å²) in [7, 11) is 1.69. The van der Waals surface area contributed by atoms with Gasteiger partial charge in [0.1, 0.15) is 5.60 Å². The van der Waals surface area contributed by atoms with E-state index in [9.17, 15) is 0 Å². The number of anilines is 1. The summed E-state index contributed by atoms with van der Waals surface area (Å²) < 4.78 is 11.5. The molecule has 2 rings (SSSR count). The van der Waals surface area contributed by atoms with Crippen molar-refractivity contribution in [2.45, 2.75) is 39.2 Å². The third kappa shape index (κ3) is 2.48. The fraction of sp³-hybridized carbons (Fsp3) is 0.571. The number of hydrogen-bond acceptors (Lipinski definition) is 3. The van der Waals surface area contributed by atoms with Gasteiger partial charge in [-0.3, -0.25) is 0 Å². The lowest BCUT2D eigenvalue weighted by Gasteiger charge is -2.25. The molecular weight excluding hydrogens is 214 g/mol. The average Bonchev–Trinajstić information content (AvgIpc) is 2.44. The summed E-state index contributed by atoms with van der Waals surface area (Å²) in [5, 5.41) is 3.43. The van der Waals surface area contributed by atoms with Crippen molar-refractivity contribution in [3.05, 3.63) is 17.7 Å². The molecule has 0 radical (unpaired) electrons. The Kier molecular flexibility index (Phi) is 3.18. The topological polar surface area (TPSA) is 30.5 Å². The van der Waals surface area contributed by atoms with Crippen LogP contribution in [-0.2, 0) is 6.42 Å². The van der Waals surface area contributed by atoms with Crippen LogP contribution in [0.25, 0.3) is 0 Å². The minimum atomic E-state index is -0.154. The normalized spacial score (nSPS) is 17.4. The summed E-state index contributed by atoms with van der Waals surface area (Å²) in [5.74, 6) is 1.66. The molecule has 0 aromatic heterocycles. The zero-order chi connectivity index (χ0) is 12.5. The Balaban J connectivity index is 2.48. The molecule has 3 nitrogen and oxygen atoms in total. The fourth-order valence-electron chi connectivity index (χ4n) is 2.08. The van der Waals surface area contributed by atoms with Gasteiger partial charge in [-0.25, -0.2) is 0 Å². The minimum absolute atomic E-state index is 0.154. The molecule has 1 aromatic carbocycles. The maximum Gasteiger partial charge on any atom is 0.185 e. The SMILES string of the molecule is CCc1cc2c(c(OC)c1)OC(C)(C)CCN2. The van der Waals surface area contributed by atoms with Crippen LogP contribution in [0.3, 0.4) is 0 Å². The number of methoxy groups -OCH3 is 1. The van der Waals surface area contributed by atoms with Crippen LogP contribution in [0, 0.1) is 0 Å². The number of benzene rings is 1. The quantitative estimate of drug-likeness (QED) is 0.853. The van der Waals surface area contributed by atoms with E-state index in [2.05, 4.69) is 38.2 Å². The molecule has 0 aliphatic carbocycles. The summed E-state index contributed by atoms with van der Waals surface area (Å²) in [5.41, 5.74) is 2.15. The van der Waals surface area contributed by atoms with Gasteiger partial charge in [0.25, 0.3) is 0 Å². The van der Waals surface area contributed by atoms with E-state index in [-0.39, 0.29) is 5.60 Å². The molecule has 94 valence electrons. The lowest BCUT2D eigenvalue weighted by molar-refractivity contribution is 0.104. The summed E-state index contributed by atoms with van der Waals surface area (Å²) in [6.07, 6.45) is 1.97. The van der Waals surface area contributed by atoms with E-state index in [1.165, 1.54) is 5.56 Å². The summed E-state index contributed by atoms with van der Waals surface area (Å²) in [6, 6.07) is 4.21. The molecule has 0 saturated carbocycles. The predicted octanol–water partition coefficient (Wildman–Crippen LogP) is 3.23. The number of rotatable bonds is 2. The van der Waals surface area contributed by atoms with Crippen molar-refractivity contribution in [3.8, 4) is 11.5 Å². The Hall–Kier alpha value is -1.38. The third-order valence-corrected chi connectivity index (χ3v) is 3.16. The molecular formula is C14H21NO2. The van der Waals surface area contributed by atoms with Gasteiger partial charge in [-0.1, -0.05) is 6.92 Å². The number of nitrogens with one attached hydrogen (secondary N) is 1. The van der Waals surface area contributed by atoms with Gasteiger partial charge in [0.15, 0.2) is 11.5 Å². The molecule has 0 spiro atoms. The van der Waals surface area contributed by atoms with E-state index >= 15 is 0 Å². The summed E-state index contributed by atoms with van der Waals surface area (Å²) >= 11 is 0. The Bertz CT molecular complexity index is 413. The molecule has 1 aromatic rings. The Morgan fingerprint density at radius 3 is 2.82 bits per heavy atom. The largest absolute Gasteiger partial charge is 0.493 e. The monoisotopic (exact) mass is 235 g/mol. The van der Waals surface area contributed by atoms with Crippen molar-refractivity contribution in [2.75, 3.05) is 19.0 Å². The van der Waals surface area contributed by atoms with Gasteiger partial charge in [-0.2, -0.15) is 0 Å². The van der Waals surface area contributed by atoms with Crippen molar-refractivity contribution < 1.29 is 9.47 Å². The highest BCUT2D eigenvalue weighted by molar-refractivity contribution is 5.65. The molecule has 0 amide bonds. The lowest BCUT2D eigenvalue weighted by Crippen LogP contribution is -2.28. The van der Waals surface area contributed by atoms with Crippen LogP contribution >= 0.6 is 0 Å². The van der Waals surface area contributed by atoms with Crippen molar-refractivity contribution in [2.24, 2.45) is 0 Å². The first-order valence-corrected chi connectivity index (χ1v) is 6.19. The molecule has 1 heterocycles. The highest BCUT2D eigenvalue weighted by atomic mass is 16.5. The number of fused-ring (bicyclic) bond motifs is 1. The van der Waals surface area contributed by atoms with E-state index in [0.29, 0.717) is 0 Å². The van der Waals surface area contributed by atoms with Crippen molar-refractivity contribution >= 4 is 5.69 Å². The van der Waals surface area contributed by atoms with Crippen molar-refractivity contribution in [3.63, 3.8) is 0 Å². The van der Waals surface area contributed by atoms with Crippen LogP contribution in [-0.4, -0.2) is 19.3 Å². The molecule has 1 N–H and O–H groups in total. The highest BCUT2D eigenvalue weighted by Crippen LogP contribution is 2.41. The van der Waals surface area contributed by atoms with Crippen LogP contribution in [0.5, 0.6) is 11.5 Å². The first kappa shape index (κ1) is 12.1. The van der Waals surface area contributed by atoms with Crippen LogP contribution in [0.4, 0.5) is 5.69 Å². The molecule has 0 unspecified atom stereocenters. The van der Waals surface area contributed by atoms with Crippen LogP contribution in [0.15, 0.2) is 12.1 Å². The fourth-order valence-corrected chi connectivity index (χ4v) is 2.08. The minimum Gasteiger partial charge on any atom is -0.493 e. The smallest absolute Gasteiger partial charge is 0.185 e. The number of hydrogen-bond donors (Lipinski definition) is 1. The second-order valence-electron chi connectivity index (χ2n) is 5.07. The Morgan fingerprint density at radius 1 is 1.41 bits per heavy atom. The van der Waals surface area contributed by atoms with Crippen LogP contribution in [0.1, 0.15) is 32.8 Å². The molecule has 0 saturated heterocycles. The van der Waals surface area contributed by atoms with Crippen molar-refractivity contribution in [1.82, 2.24) is 0 Å². The van der Waals surface area contributed by atoms with Gasteiger partial charge in [0.2, 0.25) is 0 Å². The zero-order valence-electron chi connectivity index (χ0n) is 11.1. The molecule has 0 bridgehead atoms. The van der Waals surface area contributed by atoms with Gasteiger partial charge in [0, 0.05) is 13.0 Å². The van der Waals surface area contributed by atoms with Gasteiger partial charge in [-0.15, -0.1) is 0 Å². The average molecular weight is 235 g/mol. The number of aryl methyl sites for hydroxylation is 1. The van der Waals surface area contributed by atoms with Crippen LogP contribution in [0.2, 0.25) is 0 Å². The molecule has 1 aliphatic rings. The third-order valence-electron chi connectivity index (χ3n) is 3.16. The summed E-state index contributed by atoms with van der Waals surface area (Å²) in [6.45, 7) is 7.28. The standard InChI is InChI=1S/C14H21NO2/c1-5-10-8-11-13(12(9-10)16-4)17-14(2,3)6-7-15-11/h8-9,15H,5-7H2,1-4H3. The first-order valence-electron chi connectivity index (χ1n) is 6.19. The second-order valence-corrected chi connectivity index (χ2v) is 5.07. The van der Waals surface area contributed by atoms with Gasteiger partial charge in [-0.05, 0) is 38.0 Å². The molecule has 17 heavy (non-hydrogen) atoms. The maximum atomic E-state index is 6.08. The molecule has 0 fully saturated rings. The first-order chi connectivity index (χ1) is 8.05. The Morgan fingerprint density at radius 2 is 2.18 bits per heavy atom. The van der Waals surface area contributed by atoms with E-state index < -0.39 is 0 Å². The second kappa shape index (κ2) is 4.47. The maximum absolute atomic E-state index is 6.08. The van der Waals surface area contributed by atoms with Gasteiger partial charge < -0.3 is 14.8 Å². The van der Waals surface area contributed by atoms with Gasteiger partial charge in [0.05, 0.1) is 12.8 Å². The van der Waals surface area contributed by atoms with Crippen molar-refractivity contribution in [1.29, 1.82) is 0 Å². The number of ether oxygens (including phenoxy) is 2.